The Hall–Kier alpha value is -4.26. The first-order valence-corrected chi connectivity index (χ1v) is 10.0. The summed E-state index contributed by atoms with van der Waals surface area (Å²) in [6, 6.07) is 22.0. The highest BCUT2D eigenvalue weighted by atomic mass is 16.5. The highest BCUT2D eigenvalue weighted by Gasteiger charge is 2.35. The fourth-order valence-electron chi connectivity index (χ4n) is 3.55. The fourth-order valence-corrected chi connectivity index (χ4v) is 3.55. The Morgan fingerprint density at radius 2 is 1.31 bits per heavy atom. The van der Waals surface area contributed by atoms with Gasteiger partial charge in [0.25, 0.3) is 17.7 Å². The number of esters is 1. The number of benzene rings is 3. The van der Waals surface area contributed by atoms with Gasteiger partial charge in [0.05, 0.1) is 28.8 Å². The molecule has 1 heterocycles. The minimum Gasteiger partial charge on any atom is -0.460 e. The standard InChI is InChI=1S/C25H20N2O5/c1-26(17-9-3-2-4-10-17)22(28)20-13-7-8-14-21(20)25(31)32-16-15-27-23(29)18-11-5-6-12-19(18)24(27)30/h2-14H,15-16H2,1H3. The van der Waals surface area contributed by atoms with Crippen LogP contribution in [0.25, 0.3) is 0 Å². The van der Waals surface area contributed by atoms with Crippen molar-refractivity contribution in [2.75, 3.05) is 25.1 Å². The second kappa shape index (κ2) is 8.85. The quantitative estimate of drug-likeness (QED) is 0.444. The van der Waals surface area contributed by atoms with Crippen molar-refractivity contribution in [2.45, 2.75) is 0 Å². The minimum absolute atomic E-state index is 0.0713. The molecule has 0 aromatic heterocycles. The van der Waals surface area contributed by atoms with Gasteiger partial charge in [0, 0.05) is 12.7 Å². The summed E-state index contributed by atoms with van der Waals surface area (Å²) in [7, 11) is 1.63. The molecule has 1 aliphatic heterocycles. The van der Waals surface area contributed by atoms with E-state index in [1.807, 2.05) is 18.2 Å². The lowest BCUT2D eigenvalue weighted by Gasteiger charge is -2.19. The van der Waals surface area contributed by atoms with Gasteiger partial charge >= 0.3 is 5.97 Å². The molecule has 0 aliphatic carbocycles. The Bertz CT molecular complexity index is 1170. The molecule has 3 aromatic rings. The number of hydrogen-bond donors (Lipinski definition) is 0. The number of carbonyl (C=O) groups is 4. The molecule has 0 fully saturated rings. The van der Waals surface area contributed by atoms with E-state index in [1.54, 1.807) is 61.6 Å². The molecule has 7 heteroatoms. The second-order valence-electron chi connectivity index (χ2n) is 7.19. The average Bonchev–Trinajstić information content (AvgIpc) is 3.08. The van der Waals surface area contributed by atoms with Crippen molar-refractivity contribution < 1.29 is 23.9 Å². The van der Waals surface area contributed by atoms with Crippen LogP contribution < -0.4 is 4.90 Å². The van der Waals surface area contributed by atoms with Crippen molar-refractivity contribution >= 4 is 29.4 Å². The molecule has 0 bridgehead atoms. The van der Waals surface area contributed by atoms with Gasteiger partial charge < -0.3 is 9.64 Å². The van der Waals surface area contributed by atoms with Gasteiger partial charge in [-0.2, -0.15) is 0 Å². The number of para-hydroxylation sites is 1. The Labute approximate surface area is 184 Å². The van der Waals surface area contributed by atoms with E-state index in [4.69, 9.17) is 4.74 Å². The number of rotatable bonds is 6. The van der Waals surface area contributed by atoms with Gasteiger partial charge in [-0.3, -0.25) is 19.3 Å². The van der Waals surface area contributed by atoms with Crippen molar-refractivity contribution in [2.24, 2.45) is 0 Å². The summed E-state index contributed by atoms with van der Waals surface area (Å²) >= 11 is 0. The number of hydrogen-bond acceptors (Lipinski definition) is 5. The molecule has 0 saturated heterocycles. The largest absolute Gasteiger partial charge is 0.460 e. The highest BCUT2D eigenvalue weighted by Crippen LogP contribution is 2.22. The number of nitrogens with zero attached hydrogens (tertiary/aromatic N) is 2. The summed E-state index contributed by atoms with van der Waals surface area (Å²) < 4.78 is 5.31. The molecule has 32 heavy (non-hydrogen) atoms. The molecule has 0 atom stereocenters. The molecule has 3 aromatic carbocycles. The average molecular weight is 428 g/mol. The van der Waals surface area contributed by atoms with Crippen molar-refractivity contribution in [1.29, 1.82) is 0 Å². The molecule has 7 nitrogen and oxygen atoms in total. The molecule has 160 valence electrons. The molecule has 1 aliphatic rings. The Morgan fingerprint density at radius 1 is 0.781 bits per heavy atom. The number of carbonyl (C=O) groups excluding carboxylic acids is 4. The van der Waals surface area contributed by atoms with Crippen molar-refractivity contribution in [3.05, 3.63) is 101 Å². The number of fused-ring (bicyclic) bond motifs is 1. The maximum atomic E-state index is 13.0. The normalized spacial score (nSPS) is 12.5. The Morgan fingerprint density at radius 3 is 1.94 bits per heavy atom. The van der Waals surface area contributed by atoms with E-state index < -0.39 is 17.8 Å². The first-order chi connectivity index (χ1) is 15.5. The first kappa shape index (κ1) is 21.0. The summed E-state index contributed by atoms with van der Waals surface area (Å²) in [4.78, 5) is 53.0. The maximum absolute atomic E-state index is 13.0. The predicted molar refractivity (Wildman–Crippen MR) is 118 cm³/mol. The van der Waals surface area contributed by atoms with E-state index >= 15 is 0 Å². The van der Waals surface area contributed by atoms with Gasteiger partial charge in [-0.05, 0) is 36.4 Å². The lowest BCUT2D eigenvalue weighted by molar-refractivity contribution is 0.0419. The zero-order valence-electron chi connectivity index (χ0n) is 17.4. The Balaban J connectivity index is 1.43. The van der Waals surface area contributed by atoms with Crippen molar-refractivity contribution in [3.8, 4) is 0 Å². The van der Waals surface area contributed by atoms with Crippen LogP contribution in [0.4, 0.5) is 5.69 Å². The van der Waals surface area contributed by atoms with Crippen molar-refractivity contribution in [1.82, 2.24) is 4.90 Å². The SMILES string of the molecule is CN(C(=O)c1ccccc1C(=O)OCCN1C(=O)c2ccccc2C1=O)c1ccccc1. The smallest absolute Gasteiger partial charge is 0.339 e. The molecular formula is C25H20N2O5. The highest BCUT2D eigenvalue weighted by molar-refractivity contribution is 6.21. The zero-order chi connectivity index (χ0) is 22.7. The molecular weight excluding hydrogens is 408 g/mol. The lowest BCUT2D eigenvalue weighted by Crippen LogP contribution is -2.33. The van der Waals surface area contributed by atoms with E-state index in [9.17, 15) is 19.2 Å². The van der Waals surface area contributed by atoms with Crippen LogP contribution in [0.2, 0.25) is 0 Å². The van der Waals surface area contributed by atoms with Crippen molar-refractivity contribution in [3.63, 3.8) is 0 Å². The number of ether oxygens (including phenoxy) is 1. The molecule has 0 spiro atoms. The molecule has 3 amide bonds. The summed E-state index contributed by atoms with van der Waals surface area (Å²) in [5.74, 6) is -1.89. The predicted octanol–water partition coefficient (Wildman–Crippen LogP) is 3.42. The van der Waals surface area contributed by atoms with Crippen LogP contribution in [0.3, 0.4) is 0 Å². The van der Waals surface area contributed by atoms with E-state index in [2.05, 4.69) is 0 Å². The summed E-state index contributed by atoms with van der Waals surface area (Å²) in [6.07, 6.45) is 0. The molecule has 0 unspecified atom stereocenters. The third-order valence-corrected chi connectivity index (χ3v) is 5.25. The molecule has 0 saturated carbocycles. The zero-order valence-corrected chi connectivity index (χ0v) is 17.4. The van der Waals surface area contributed by atoms with Gasteiger partial charge in [0.1, 0.15) is 6.61 Å². The van der Waals surface area contributed by atoms with Crippen LogP contribution in [0.1, 0.15) is 41.4 Å². The topological polar surface area (TPSA) is 84.0 Å². The van der Waals surface area contributed by atoms with E-state index in [0.29, 0.717) is 16.8 Å². The monoisotopic (exact) mass is 428 g/mol. The summed E-state index contributed by atoms with van der Waals surface area (Å²) in [5.41, 5.74) is 1.67. The fraction of sp³-hybridized carbons (Fsp3) is 0.120. The second-order valence-corrected chi connectivity index (χ2v) is 7.19. The maximum Gasteiger partial charge on any atom is 0.339 e. The lowest BCUT2D eigenvalue weighted by atomic mass is 10.1. The van der Waals surface area contributed by atoms with Gasteiger partial charge in [0.2, 0.25) is 0 Å². The molecule has 4 rings (SSSR count). The third kappa shape index (κ3) is 3.88. The van der Waals surface area contributed by atoms with Gasteiger partial charge in [-0.15, -0.1) is 0 Å². The van der Waals surface area contributed by atoms with Gasteiger partial charge in [-0.25, -0.2) is 4.79 Å². The van der Waals surface area contributed by atoms with E-state index in [0.717, 1.165) is 4.90 Å². The first-order valence-electron chi connectivity index (χ1n) is 10.0. The van der Waals surface area contributed by atoms with Crippen LogP contribution in [0.5, 0.6) is 0 Å². The number of imide groups is 1. The van der Waals surface area contributed by atoms with E-state index in [1.165, 1.54) is 11.0 Å². The van der Waals surface area contributed by atoms with E-state index in [-0.39, 0.29) is 30.2 Å². The third-order valence-electron chi connectivity index (χ3n) is 5.25. The molecule has 0 N–H and O–H groups in total. The van der Waals surface area contributed by atoms with Gasteiger partial charge in [-0.1, -0.05) is 42.5 Å². The van der Waals surface area contributed by atoms with Crippen LogP contribution >= 0.6 is 0 Å². The summed E-state index contributed by atoms with van der Waals surface area (Å²) in [5, 5.41) is 0. The van der Waals surface area contributed by atoms with Crippen LogP contribution in [0, 0.1) is 0 Å². The van der Waals surface area contributed by atoms with Crippen LogP contribution in [-0.4, -0.2) is 48.8 Å². The van der Waals surface area contributed by atoms with Crippen LogP contribution in [0.15, 0.2) is 78.9 Å². The Kier molecular flexibility index (Phi) is 5.81. The summed E-state index contributed by atoms with van der Waals surface area (Å²) in [6.45, 7) is -0.251. The minimum atomic E-state index is -0.702. The van der Waals surface area contributed by atoms with Gasteiger partial charge in [0.15, 0.2) is 0 Å². The molecule has 0 radical (unpaired) electrons. The van der Waals surface area contributed by atoms with Crippen LogP contribution in [-0.2, 0) is 4.74 Å². The number of anilines is 1. The number of amides is 3.